The van der Waals surface area contributed by atoms with Gasteiger partial charge < -0.3 is 20.7 Å². The van der Waals surface area contributed by atoms with Crippen LogP contribution in [-0.4, -0.2) is 22.2 Å². The van der Waals surface area contributed by atoms with Gasteiger partial charge in [0.05, 0.1) is 0 Å². The molecule has 5 rings (SSSR count). The van der Waals surface area contributed by atoms with Crippen molar-refractivity contribution in [2.24, 2.45) is 0 Å². The summed E-state index contributed by atoms with van der Waals surface area (Å²) < 4.78 is 5.92. The van der Waals surface area contributed by atoms with E-state index in [-0.39, 0.29) is 6.17 Å². The summed E-state index contributed by atoms with van der Waals surface area (Å²) in [7, 11) is 1.78. The number of hydrogen-bond acceptors (Lipinski definition) is 7. The van der Waals surface area contributed by atoms with Crippen molar-refractivity contribution < 1.29 is 4.74 Å². The summed E-state index contributed by atoms with van der Waals surface area (Å²) >= 11 is 0. The van der Waals surface area contributed by atoms with Crippen LogP contribution in [0.25, 0.3) is 11.3 Å². The van der Waals surface area contributed by atoms with Crippen LogP contribution in [0.1, 0.15) is 17.3 Å². The van der Waals surface area contributed by atoms with Crippen molar-refractivity contribution in [3.63, 3.8) is 0 Å². The highest BCUT2D eigenvalue weighted by Crippen LogP contribution is 2.37. The minimum absolute atomic E-state index is 0.188. The molecule has 0 radical (unpaired) electrons. The van der Waals surface area contributed by atoms with Gasteiger partial charge in [-0.15, -0.1) is 10.2 Å². The SMILES string of the molecule is CNc1nnc2c(n1)NC(c1ccc(OCc3ccccc3)cc1)Nc1ccccc1-2. The average Bonchev–Trinajstić information content (AvgIpc) is 3.00. The van der Waals surface area contributed by atoms with Crippen molar-refractivity contribution in [1.82, 2.24) is 15.2 Å². The smallest absolute Gasteiger partial charge is 0.244 e. The molecule has 3 N–H and O–H groups in total. The Morgan fingerprint density at radius 2 is 1.65 bits per heavy atom. The van der Waals surface area contributed by atoms with Crippen molar-refractivity contribution in [1.29, 1.82) is 0 Å². The molecule has 0 aliphatic carbocycles. The van der Waals surface area contributed by atoms with Crippen LogP contribution in [0.4, 0.5) is 17.5 Å². The lowest BCUT2D eigenvalue weighted by Gasteiger charge is -2.20. The lowest BCUT2D eigenvalue weighted by Crippen LogP contribution is -2.19. The number of nitrogens with one attached hydrogen (secondary N) is 3. The molecule has 154 valence electrons. The first kappa shape index (κ1) is 18.9. The molecule has 1 aliphatic rings. The second-order valence-electron chi connectivity index (χ2n) is 7.19. The van der Waals surface area contributed by atoms with E-state index >= 15 is 0 Å². The maximum Gasteiger partial charge on any atom is 0.244 e. The summed E-state index contributed by atoms with van der Waals surface area (Å²) in [5.74, 6) is 1.96. The lowest BCUT2D eigenvalue weighted by atomic mass is 10.1. The highest BCUT2D eigenvalue weighted by molar-refractivity contribution is 5.84. The standard InChI is InChI=1S/C24H22N6O/c1-25-24-28-23-21(29-30-24)19-9-5-6-10-20(19)26-22(27-23)17-11-13-18(14-12-17)31-15-16-7-3-2-4-8-16/h2-14,22,26H,15H2,1H3,(H2,25,27,28,30). The first-order chi connectivity index (χ1) is 15.3. The molecular formula is C24H22N6O. The van der Waals surface area contributed by atoms with E-state index in [1.165, 1.54) is 0 Å². The van der Waals surface area contributed by atoms with E-state index in [9.17, 15) is 0 Å². The Bertz CT molecular complexity index is 1180. The minimum Gasteiger partial charge on any atom is -0.489 e. The molecule has 1 unspecified atom stereocenters. The van der Waals surface area contributed by atoms with Crippen LogP contribution in [0.2, 0.25) is 0 Å². The molecule has 7 heteroatoms. The molecule has 7 nitrogen and oxygen atoms in total. The third-order valence-electron chi connectivity index (χ3n) is 5.14. The number of rotatable bonds is 5. The Labute approximate surface area is 180 Å². The number of ether oxygens (including phenoxy) is 1. The van der Waals surface area contributed by atoms with Gasteiger partial charge >= 0.3 is 0 Å². The van der Waals surface area contributed by atoms with Gasteiger partial charge in [0.2, 0.25) is 5.95 Å². The average molecular weight is 410 g/mol. The van der Waals surface area contributed by atoms with Gasteiger partial charge in [0, 0.05) is 18.3 Å². The lowest BCUT2D eigenvalue weighted by molar-refractivity contribution is 0.306. The molecule has 0 amide bonds. The zero-order chi connectivity index (χ0) is 21.0. The summed E-state index contributed by atoms with van der Waals surface area (Å²) in [6.45, 7) is 0.538. The summed E-state index contributed by atoms with van der Waals surface area (Å²) in [4.78, 5) is 4.59. The summed E-state index contributed by atoms with van der Waals surface area (Å²) in [5.41, 5.74) is 4.83. The molecule has 3 aromatic carbocycles. The predicted molar refractivity (Wildman–Crippen MR) is 122 cm³/mol. The molecule has 1 aliphatic heterocycles. The number of aromatic nitrogens is 3. The Balaban J connectivity index is 1.41. The first-order valence-electron chi connectivity index (χ1n) is 10.1. The number of para-hydroxylation sites is 1. The van der Waals surface area contributed by atoms with Crippen molar-refractivity contribution in [3.05, 3.63) is 90.0 Å². The van der Waals surface area contributed by atoms with Crippen LogP contribution >= 0.6 is 0 Å². The zero-order valence-electron chi connectivity index (χ0n) is 17.0. The predicted octanol–water partition coefficient (Wildman–Crippen LogP) is 4.70. The fourth-order valence-electron chi connectivity index (χ4n) is 3.52. The second kappa shape index (κ2) is 8.31. The van der Waals surface area contributed by atoms with Gasteiger partial charge in [-0.2, -0.15) is 4.98 Å². The van der Waals surface area contributed by atoms with Gasteiger partial charge in [-0.05, 0) is 29.3 Å². The Hall–Kier alpha value is -4.13. The van der Waals surface area contributed by atoms with Crippen molar-refractivity contribution in [3.8, 4) is 17.0 Å². The molecule has 2 heterocycles. The number of benzene rings is 3. The van der Waals surface area contributed by atoms with Gasteiger partial charge in [0.15, 0.2) is 5.82 Å². The highest BCUT2D eigenvalue weighted by atomic mass is 16.5. The molecule has 0 saturated carbocycles. The van der Waals surface area contributed by atoms with Crippen LogP contribution < -0.4 is 20.7 Å². The van der Waals surface area contributed by atoms with Gasteiger partial charge in [0.1, 0.15) is 24.2 Å². The van der Waals surface area contributed by atoms with E-state index in [0.717, 1.165) is 28.1 Å². The van der Waals surface area contributed by atoms with E-state index in [4.69, 9.17) is 4.74 Å². The highest BCUT2D eigenvalue weighted by Gasteiger charge is 2.23. The molecule has 4 aromatic rings. The van der Waals surface area contributed by atoms with Crippen LogP contribution in [0, 0.1) is 0 Å². The number of nitrogens with zero attached hydrogens (tertiary/aromatic N) is 3. The molecule has 0 fully saturated rings. The molecule has 1 aromatic heterocycles. The molecular weight excluding hydrogens is 388 g/mol. The normalized spacial score (nSPS) is 14.3. The Kier molecular flexibility index (Phi) is 5.06. The number of anilines is 3. The van der Waals surface area contributed by atoms with Gasteiger partial charge in [-0.1, -0.05) is 60.7 Å². The largest absolute Gasteiger partial charge is 0.489 e. The van der Waals surface area contributed by atoms with Crippen molar-refractivity contribution in [2.75, 3.05) is 23.0 Å². The van der Waals surface area contributed by atoms with Crippen LogP contribution in [0.5, 0.6) is 5.75 Å². The fourth-order valence-corrected chi connectivity index (χ4v) is 3.52. The Morgan fingerprint density at radius 3 is 2.45 bits per heavy atom. The maximum absolute atomic E-state index is 5.92. The third kappa shape index (κ3) is 3.98. The summed E-state index contributed by atoms with van der Waals surface area (Å²) in [6, 6.07) is 26.2. The maximum atomic E-state index is 5.92. The van der Waals surface area contributed by atoms with Gasteiger partial charge in [0.25, 0.3) is 0 Å². The van der Waals surface area contributed by atoms with Crippen molar-refractivity contribution in [2.45, 2.75) is 12.8 Å². The van der Waals surface area contributed by atoms with E-state index in [2.05, 4.69) is 43.3 Å². The van der Waals surface area contributed by atoms with Crippen LogP contribution in [0.15, 0.2) is 78.9 Å². The molecule has 0 spiro atoms. The van der Waals surface area contributed by atoms with E-state index in [1.807, 2.05) is 66.7 Å². The topological polar surface area (TPSA) is 84.0 Å². The van der Waals surface area contributed by atoms with E-state index in [1.54, 1.807) is 7.05 Å². The van der Waals surface area contributed by atoms with E-state index < -0.39 is 0 Å². The molecule has 0 bridgehead atoms. The summed E-state index contributed by atoms with van der Waals surface area (Å²) in [6.07, 6.45) is -0.188. The van der Waals surface area contributed by atoms with E-state index in [0.29, 0.717) is 24.1 Å². The van der Waals surface area contributed by atoms with Crippen LogP contribution in [0.3, 0.4) is 0 Å². The Morgan fingerprint density at radius 1 is 0.871 bits per heavy atom. The minimum atomic E-state index is -0.188. The monoisotopic (exact) mass is 410 g/mol. The molecule has 0 saturated heterocycles. The second-order valence-corrected chi connectivity index (χ2v) is 7.19. The van der Waals surface area contributed by atoms with Crippen molar-refractivity contribution >= 4 is 17.5 Å². The fraction of sp³-hybridized carbons (Fsp3) is 0.125. The van der Waals surface area contributed by atoms with Gasteiger partial charge in [-0.25, -0.2) is 0 Å². The number of hydrogen-bond donors (Lipinski definition) is 3. The molecule has 1 atom stereocenters. The zero-order valence-corrected chi connectivity index (χ0v) is 17.0. The third-order valence-corrected chi connectivity index (χ3v) is 5.14. The van der Waals surface area contributed by atoms with Crippen LogP contribution in [-0.2, 0) is 6.61 Å². The quantitative estimate of drug-likeness (QED) is 0.440. The first-order valence-corrected chi connectivity index (χ1v) is 10.1. The molecule has 31 heavy (non-hydrogen) atoms. The van der Waals surface area contributed by atoms with Gasteiger partial charge in [-0.3, -0.25) is 0 Å². The summed E-state index contributed by atoms with van der Waals surface area (Å²) in [5, 5.41) is 18.5. The number of fused-ring (bicyclic) bond motifs is 3.